The molecule has 0 atom stereocenters. The second-order valence-electron chi connectivity index (χ2n) is 3.02. The summed E-state index contributed by atoms with van der Waals surface area (Å²) in [7, 11) is 4.53. The number of amides is 1. The fourth-order valence-electron chi connectivity index (χ4n) is 1.11. The predicted molar refractivity (Wildman–Crippen MR) is 51.0 cm³/mol. The molecule has 1 aromatic carbocycles. The number of ether oxygens (including phenoxy) is 1. The van der Waals surface area contributed by atoms with Crippen LogP contribution in [-0.2, 0) is 0 Å². The maximum Gasteiger partial charge on any atom is 0.260 e. The average Bonchev–Trinajstić information content (AvgIpc) is 2.16. The Bertz CT molecular complexity index is 350. The van der Waals surface area contributed by atoms with Gasteiger partial charge in [0.1, 0.15) is 17.1 Å². The summed E-state index contributed by atoms with van der Waals surface area (Å²) in [5.41, 5.74) is -0.0278. The van der Waals surface area contributed by atoms with Crippen LogP contribution >= 0.6 is 0 Å². The first-order chi connectivity index (χ1) is 6.57. The highest BCUT2D eigenvalue weighted by Gasteiger charge is 2.18. The van der Waals surface area contributed by atoms with Crippen molar-refractivity contribution < 1.29 is 13.9 Å². The fourth-order valence-corrected chi connectivity index (χ4v) is 1.11. The summed E-state index contributed by atoms with van der Waals surface area (Å²) in [4.78, 5) is 12.9. The Morgan fingerprint density at radius 2 is 2.07 bits per heavy atom. The summed E-state index contributed by atoms with van der Waals surface area (Å²) in [5, 5.41) is 0. The van der Waals surface area contributed by atoms with Gasteiger partial charge in [0.05, 0.1) is 7.11 Å². The molecular formula is C10H12FNO2. The van der Waals surface area contributed by atoms with Crippen LogP contribution in [0.1, 0.15) is 10.4 Å². The van der Waals surface area contributed by atoms with E-state index in [1.165, 1.54) is 24.1 Å². The van der Waals surface area contributed by atoms with Gasteiger partial charge in [-0.25, -0.2) is 4.39 Å². The van der Waals surface area contributed by atoms with E-state index in [4.69, 9.17) is 4.74 Å². The number of carbonyl (C=O) groups excluding carboxylic acids is 1. The van der Waals surface area contributed by atoms with Crippen LogP contribution in [0.2, 0.25) is 0 Å². The van der Waals surface area contributed by atoms with Crippen LogP contribution in [-0.4, -0.2) is 32.0 Å². The van der Waals surface area contributed by atoms with Crippen LogP contribution < -0.4 is 4.74 Å². The van der Waals surface area contributed by atoms with Crippen LogP contribution in [0.4, 0.5) is 4.39 Å². The molecule has 1 amide bonds. The molecule has 1 rings (SSSR count). The number of methoxy groups -OCH3 is 1. The van der Waals surface area contributed by atoms with Gasteiger partial charge in [0.25, 0.3) is 5.91 Å². The van der Waals surface area contributed by atoms with Crippen molar-refractivity contribution in [1.82, 2.24) is 4.90 Å². The van der Waals surface area contributed by atoms with Crippen LogP contribution in [0.25, 0.3) is 0 Å². The van der Waals surface area contributed by atoms with E-state index in [0.717, 1.165) is 0 Å². The third-order valence-corrected chi connectivity index (χ3v) is 1.82. The highest BCUT2D eigenvalue weighted by molar-refractivity contribution is 5.96. The van der Waals surface area contributed by atoms with E-state index < -0.39 is 11.7 Å². The van der Waals surface area contributed by atoms with Gasteiger partial charge in [0, 0.05) is 14.1 Å². The number of carbonyl (C=O) groups is 1. The molecule has 0 fully saturated rings. The van der Waals surface area contributed by atoms with E-state index in [1.807, 2.05) is 0 Å². The molecule has 0 heterocycles. The molecule has 0 saturated carbocycles. The van der Waals surface area contributed by atoms with Crippen LogP contribution in [0, 0.1) is 5.82 Å². The van der Waals surface area contributed by atoms with Crippen molar-refractivity contribution in [2.75, 3.05) is 21.2 Å². The number of hydrogen-bond donors (Lipinski definition) is 0. The standard InChI is InChI=1S/C10H12FNO2/c1-12(2)10(13)9-7(11)5-4-6-8(9)14-3/h4-6H,1-3H3. The number of halogens is 1. The molecule has 14 heavy (non-hydrogen) atoms. The Morgan fingerprint density at radius 3 is 2.57 bits per heavy atom. The number of rotatable bonds is 2. The Labute approximate surface area is 82.1 Å². The van der Waals surface area contributed by atoms with Crippen LogP contribution in [0.3, 0.4) is 0 Å². The van der Waals surface area contributed by atoms with Crippen molar-refractivity contribution in [3.8, 4) is 5.75 Å². The molecule has 0 aliphatic rings. The molecule has 0 bridgehead atoms. The number of hydrogen-bond acceptors (Lipinski definition) is 2. The molecule has 0 aromatic heterocycles. The minimum absolute atomic E-state index is 0.0278. The Morgan fingerprint density at radius 1 is 1.43 bits per heavy atom. The van der Waals surface area contributed by atoms with Gasteiger partial charge in [-0.1, -0.05) is 6.07 Å². The topological polar surface area (TPSA) is 29.5 Å². The first-order valence-corrected chi connectivity index (χ1v) is 4.12. The Kier molecular flexibility index (Phi) is 3.06. The van der Waals surface area contributed by atoms with E-state index in [1.54, 1.807) is 20.2 Å². The maximum atomic E-state index is 13.3. The van der Waals surface area contributed by atoms with E-state index in [0.29, 0.717) is 0 Å². The van der Waals surface area contributed by atoms with Crippen molar-refractivity contribution in [1.29, 1.82) is 0 Å². The summed E-state index contributed by atoms with van der Waals surface area (Å²) in [6.45, 7) is 0. The van der Waals surface area contributed by atoms with Gasteiger partial charge in [-0.2, -0.15) is 0 Å². The lowest BCUT2D eigenvalue weighted by Crippen LogP contribution is -2.23. The minimum Gasteiger partial charge on any atom is -0.496 e. The zero-order valence-corrected chi connectivity index (χ0v) is 8.37. The van der Waals surface area contributed by atoms with Crippen molar-refractivity contribution >= 4 is 5.91 Å². The molecular weight excluding hydrogens is 185 g/mol. The Balaban J connectivity index is 3.23. The minimum atomic E-state index is -0.567. The second-order valence-corrected chi connectivity index (χ2v) is 3.02. The second kappa shape index (κ2) is 4.09. The first kappa shape index (κ1) is 10.5. The monoisotopic (exact) mass is 197 g/mol. The molecule has 0 spiro atoms. The SMILES string of the molecule is COc1cccc(F)c1C(=O)N(C)C. The fraction of sp³-hybridized carbons (Fsp3) is 0.300. The molecule has 0 N–H and O–H groups in total. The van der Waals surface area contributed by atoms with Crippen molar-refractivity contribution in [2.45, 2.75) is 0 Å². The number of nitrogens with zero attached hydrogens (tertiary/aromatic N) is 1. The van der Waals surface area contributed by atoms with Crippen molar-refractivity contribution in [3.63, 3.8) is 0 Å². The van der Waals surface area contributed by atoms with Crippen molar-refractivity contribution in [3.05, 3.63) is 29.6 Å². The predicted octanol–water partition coefficient (Wildman–Crippen LogP) is 1.54. The van der Waals surface area contributed by atoms with Gasteiger partial charge in [-0.3, -0.25) is 4.79 Å². The zero-order chi connectivity index (χ0) is 10.7. The lowest BCUT2D eigenvalue weighted by molar-refractivity contribution is 0.0819. The van der Waals surface area contributed by atoms with Gasteiger partial charge in [-0.05, 0) is 12.1 Å². The summed E-state index contributed by atoms with van der Waals surface area (Å²) >= 11 is 0. The van der Waals surface area contributed by atoms with Gasteiger partial charge >= 0.3 is 0 Å². The summed E-state index contributed by atoms with van der Waals surface area (Å²) in [6.07, 6.45) is 0. The van der Waals surface area contributed by atoms with Gasteiger partial charge in [-0.15, -0.1) is 0 Å². The van der Waals surface area contributed by atoms with Gasteiger partial charge in [0.2, 0.25) is 0 Å². The lowest BCUT2D eigenvalue weighted by Gasteiger charge is -2.13. The van der Waals surface area contributed by atoms with Gasteiger partial charge < -0.3 is 9.64 Å². The van der Waals surface area contributed by atoms with Crippen LogP contribution in [0.15, 0.2) is 18.2 Å². The highest BCUT2D eigenvalue weighted by atomic mass is 19.1. The van der Waals surface area contributed by atoms with E-state index in [2.05, 4.69) is 0 Å². The highest BCUT2D eigenvalue weighted by Crippen LogP contribution is 2.21. The molecule has 0 unspecified atom stereocenters. The molecule has 0 aliphatic heterocycles. The molecule has 3 nitrogen and oxygen atoms in total. The van der Waals surface area contributed by atoms with E-state index >= 15 is 0 Å². The third-order valence-electron chi connectivity index (χ3n) is 1.82. The molecule has 0 radical (unpaired) electrons. The zero-order valence-electron chi connectivity index (χ0n) is 8.37. The summed E-state index contributed by atoms with van der Waals surface area (Å²) in [5.74, 6) is -0.716. The smallest absolute Gasteiger partial charge is 0.260 e. The summed E-state index contributed by atoms with van der Waals surface area (Å²) < 4.78 is 18.2. The first-order valence-electron chi connectivity index (χ1n) is 4.12. The lowest BCUT2D eigenvalue weighted by atomic mass is 10.1. The van der Waals surface area contributed by atoms with Gasteiger partial charge in [0.15, 0.2) is 0 Å². The maximum absolute atomic E-state index is 13.3. The average molecular weight is 197 g/mol. The normalized spacial score (nSPS) is 9.71. The van der Waals surface area contributed by atoms with Crippen molar-refractivity contribution in [2.24, 2.45) is 0 Å². The molecule has 4 heteroatoms. The molecule has 0 saturated heterocycles. The third kappa shape index (κ3) is 1.84. The molecule has 0 aliphatic carbocycles. The molecule has 1 aromatic rings. The quantitative estimate of drug-likeness (QED) is 0.719. The summed E-state index contributed by atoms with van der Waals surface area (Å²) in [6, 6.07) is 4.29. The molecule has 76 valence electrons. The Hall–Kier alpha value is -1.58. The number of benzene rings is 1. The van der Waals surface area contributed by atoms with E-state index in [-0.39, 0.29) is 11.3 Å². The van der Waals surface area contributed by atoms with Crippen LogP contribution in [0.5, 0.6) is 5.75 Å². The van der Waals surface area contributed by atoms with E-state index in [9.17, 15) is 9.18 Å². The largest absolute Gasteiger partial charge is 0.496 e.